The molecular weight excluding hydrogens is 204 g/mol. The summed E-state index contributed by atoms with van der Waals surface area (Å²) in [5.74, 6) is 0.123. The van der Waals surface area contributed by atoms with Crippen molar-refractivity contribution in [2.45, 2.75) is 12.3 Å². The molecule has 78 valence electrons. The molecule has 0 spiro atoms. The summed E-state index contributed by atoms with van der Waals surface area (Å²) >= 11 is 6.01. The number of rotatable bonds is 5. The predicted octanol–water partition coefficient (Wildman–Crippen LogP) is 4.66. The van der Waals surface area contributed by atoms with E-state index < -0.39 is 0 Å². The van der Waals surface area contributed by atoms with Crippen molar-refractivity contribution < 1.29 is 0 Å². The number of hydrogen-bond acceptors (Lipinski definition) is 0. The van der Waals surface area contributed by atoms with Gasteiger partial charge in [-0.25, -0.2) is 0 Å². The molecule has 0 aliphatic carbocycles. The number of hydrogen-bond donors (Lipinski definition) is 0. The average molecular weight is 219 g/mol. The maximum absolute atomic E-state index is 6.01. The standard InChI is InChI=1S/C14H15Cl/c1-4-11(2)10-14(12(3)15)13-8-6-5-7-9-13/h4-9,14H,1-3,10H2. The number of allylic oxidation sites excluding steroid dienone is 3. The molecule has 0 saturated carbocycles. The van der Waals surface area contributed by atoms with Crippen molar-refractivity contribution in [2.24, 2.45) is 0 Å². The van der Waals surface area contributed by atoms with Crippen LogP contribution in [0.5, 0.6) is 0 Å². The van der Waals surface area contributed by atoms with Crippen LogP contribution < -0.4 is 0 Å². The molecule has 1 aromatic rings. The normalized spacial score (nSPS) is 11.8. The predicted molar refractivity (Wildman–Crippen MR) is 68.1 cm³/mol. The van der Waals surface area contributed by atoms with Gasteiger partial charge in [0.15, 0.2) is 0 Å². The number of halogens is 1. The van der Waals surface area contributed by atoms with Gasteiger partial charge in [-0.2, -0.15) is 0 Å². The third-order valence-corrected chi connectivity index (χ3v) is 2.60. The van der Waals surface area contributed by atoms with Crippen LogP contribution in [0.3, 0.4) is 0 Å². The van der Waals surface area contributed by atoms with Crippen LogP contribution in [-0.2, 0) is 0 Å². The van der Waals surface area contributed by atoms with Gasteiger partial charge in [-0.3, -0.25) is 0 Å². The van der Waals surface area contributed by atoms with Gasteiger partial charge >= 0.3 is 0 Å². The highest BCUT2D eigenvalue weighted by Crippen LogP contribution is 2.31. The first kappa shape index (κ1) is 11.8. The van der Waals surface area contributed by atoms with Gasteiger partial charge in [0, 0.05) is 11.0 Å². The lowest BCUT2D eigenvalue weighted by atomic mass is 9.92. The van der Waals surface area contributed by atoms with Gasteiger partial charge in [0.2, 0.25) is 0 Å². The summed E-state index contributed by atoms with van der Waals surface area (Å²) in [5, 5.41) is 0.643. The zero-order valence-corrected chi connectivity index (χ0v) is 9.50. The molecule has 0 aliphatic rings. The fourth-order valence-corrected chi connectivity index (χ4v) is 1.64. The Morgan fingerprint density at radius 1 is 1.27 bits per heavy atom. The first-order valence-corrected chi connectivity index (χ1v) is 5.22. The summed E-state index contributed by atoms with van der Waals surface area (Å²) in [5.41, 5.74) is 2.14. The fourth-order valence-electron chi connectivity index (χ4n) is 1.44. The third-order valence-electron chi connectivity index (χ3n) is 2.34. The zero-order valence-electron chi connectivity index (χ0n) is 8.75. The first-order chi connectivity index (χ1) is 7.15. The molecule has 0 N–H and O–H groups in total. The van der Waals surface area contributed by atoms with Crippen molar-refractivity contribution >= 4 is 11.6 Å². The maximum atomic E-state index is 6.01. The van der Waals surface area contributed by atoms with Crippen LogP contribution in [-0.4, -0.2) is 0 Å². The van der Waals surface area contributed by atoms with Crippen LogP contribution in [0.4, 0.5) is 0 Å². The second-order valence-electron chi connectivity index (χ2n) is 3.48. The van der Waals surface area contributed by atoms with Gasteiger partial charge in [0.1, 0.15) is 0 Å². The van der Waals surface area contributed by atoms with Crippen molar-refractivity contribution in [1.29, 1.82) is 0 Å². The topological polar surface area (TPSA) is 0 Å². The summed E-state index contributed by atoms with van der Waals surface area (Å²) in [4.78, 5) is 0. The highest BCUT2D eigenvalue weighted by molar-refractivity contribution is 6.30. The zero-order chi connectivity index (χ0) is 11.3. The van der Waals surface area contributed by atoms with Crippen LogP contribution in [0, 0.1) is 0 Å². The maximum Gasteiger partial charge on any atom is 0.0231 e. The molecular formula is C14H15Cl. The van der Waals surface area contributed by atoms with Gasteiger partial charge in [0.05, 0.1) is 0 Å². The van der Waals surface area contributed by atoms with Crippen LogP contribution >= 0.6 is 11.6 Å². The highest BCUT2D eigenvalue weighted by Gasteiger charge is 2.13. The van der Waals surface area contributed by atoms with E-state index in [2.05, 4.69) is 31.9 Å². The molecule has 0 radical (unpaired) electrons. The van der Waals surface area contributed by atoms with Crippen molar-refractivity contribution in [2.75, 3.05) is 0 Å². The van der Waals surface area contributed by atoms with Gasteiger partial charge in [0.25, 0.3) is 0 Å². The molecule has 0 amide bonds. The average Bonchev–Trinajstić information content (AvgIpc) is 2.26. The quantitative estimate of drug-likeness (QED) is 0.631. The number of benzene rings is 1. The summed E-state index contributed by atoms with van der Waals surface area (Å²) in [6.45, 7) is 11.4. The van der Waals surface area contributed by atoms with Gasteiger partial charge < -0.3 is 0 Å². The van der Waals surface area contributed by atoms with Crippen LogP contribution in [0.2, 0.25) is 0 Å². The Balaban J connectivity index is 2.89. The summed E-state index contributed by atoms with van der Waals surface area (Å²) in [7, 11) is 0. The Morgan fingerprint density at radius 2 is 1.87 bits per heavy atom. The Morgan fingerprint density at radius 3 is 2.33 bits per heavy atom. The van der Waals surface area contributed by atoms with E-state index in [9.17, 15) is 0 Å². The van der Waals surface area contributed by atoms with E-state index in [1.807, 2.05) is 18.2 Å². The van der Waals surface area contributed by atoms with E-state index in [0.717, 1.165) is 12.0 Å². The van der Waals surface area contributed by atoms with Crippen molar-refractivity contribution in [3.63, 3.8) is 0 Å². The third kappa shape index (κ3) is 3.41. The lowest BCUT2D eigenvalue weighted by Crippen LogP contribution is -1.99. The van der Waals surface area contributed by atoms with Crippen LogP contribution in [0.25, 0.3) is 0 Å². The first-order valence-electron chi connectivity index (χ1n) is 4.84. The van der Waals surface area contributed by atoms with E-state index in [-0.39, 0.29) is 5.92 Å². The van der Waals surface area contributed by atoms with Gasteiger partial charge in [-0.05, 0) is 12.0 Å². The minimum atomic E-state index is 0.123. The molecule has 0 aromatic heterocycles. The fraction of sp³-hybridized carbons (Fsp3) is 0.143. The molecule has 0 nitrogen and oxygen atoms in total. The molecule has 15 heavy (non-hydrogen) atoms. The van der Waals surface area contributed by atoms with E-state index in [0.29, 0.717) is 5.03 Å². The summed E-state index contributed by atoms with van der Waals surface area (Å²) in [6.07, 6.45) is 2.53. The Labute approximate surface area is 96.6 Å². The van der Waals surface area contributed by atoms with Gasteiger partial charge in [-0.15, -0.1) is 0 Å². The molecule has 1 atom stereocenters. The lowest BCUT2D eigenvalue weighted by molar-refractivity contribution is 0.830. The Kier molecular flexibility index (Phi) is 4.38. The SMILES string of the molecule is C=CC(=C)CC(C(=C)Cl)c1ccccc1. The van der Waals surface area contributed by atoms with Crippen LogP contribution in [0.1, 0.15) is 17.9 Å². The molecule has 1 aromatic carbocycles. The molecule has 0 aliphatic heterocycles. The molecule has 1 rings (SSSR count). The van der Waals surface area contributed by atoms with Crippen LogP contribution in [0.15, 0.2) is 66.8 Å². The monoisotopic (exact) mass is 218 g/mol. The van der Waals surface area contributed by atoms with Crippen molar-refractivity contribution in [3.8, 4) is 0 Å². The molecule has 1 unspecified atom stereocenters. The second kappa shape index (κ2) is 5.57. The molecule has 1 heteroatoms. The van der Waals surface area contributed by atoms with E-state index in [1.54, 1.807) is 6.08 Å². The molecule has 0 heterocycles. The lowest BCUT2D eigenvalue weighted by Gasteiger charge is -2.16. The summed E-state index contributed by atoms with van der Waals surface area (Å²) < 4.78 is 0. The molecule has 0 saturated heterocycles. The molecule has 0 bridgehead atoms. The van der Waals surface area contributed by atoms with E-state index >= 15 is 0 Å². The largest absolute Gasteiger partial charge is 0.0988 e. The second-order valence-corrected chi connectivity index (χ2v) is 3.96. The minimum Gasteiger partial charge on any atom is -0.0988 e. The van der Waals surface area contributed by atoms with Gasteiger partial charge in [-0.1, -0.05) is 73.3 Å². The molecule has 0 fully saturated rings. The summed E-state index contributed by atoms with van der Waals surface area (Å²) in [6, 6.07) is 10.1. The van der Waals surface area contributed by atoms with Crippen molar-refractivity contribution in [1.82, 2.24) is 0 Å². The van der Waals surface area contributed by atoms with E-state index in [4.69, 9.17) is 11.6 Å². The highest BCUT2D eigenvalue weighted by atomic mass is 35.5. The Hall–Kier alpha value is -1.27. The minimum absolute atomic E-state index is 0.123. The van der Waals surface area contributed by atoms with E-state index in [1.165, 1.54) is 5.56 Å². The smallest absolute Gasteiger partial charge is 0.0231 e. The van der Waals surface area contributed by atoms with Crippen molar-refractivity contribution in [3.05, 3.63) is 72.3 Å². The Bertz CT molecular complexity index is 362.